The molecule has 0 heterocycles. The van der Waals surface area contributed by atoms with Crippen LogP contribution in [0.15, 0.2) is 71.2 Å². The summed E-state index contributed by atoms with van der Waals surface area (Å²) in [7, 11) is 3.02. The number of hydrogen-bond donors (Lipinski definition) is 6. The number of carbonyl (C=O) groups is 3. The largest absolute Gasteiger partial charge is 0.508 e. The van der Waals surface area contributed by atoms with Crippen molar-refractivity contribution < 1.29 is 48.4 Å². The van der Waals surface area contributed by atoms with Crippen LogP contribution in [0.5, 0.6) is 5.75 Å². The molecule has 0 saturated heterocycles. The number of aliphatic hydroxyl groups is 3. The lowest BCUT2D eigenvalue weighted by Crippen LogP contribution is -2.65. The van der Waals surface area contributed by atoms with Crippen LogP contribution in [0.1, 0.15) is 55.6 Å². The number of nitrogens with one attached hydrogen (secondary N) is 1. The number of phenolic OH excluding ortho intramolecular Hbond substituents is 1. The molecule has 6 rings (SSSR count). The summed E-state index contributed by atoms with van der Waals surface area (Å²) >= 11 is 0. The van der Waals surface area contributed by atoms with Gasteiger partial charge in [-0.25, -0.2) is 0 Å². The highest BCUT2D eigenvalue weighted by atomic mass is 31.2. The second kappa shape index (κ2) is 15.1. The molecule has 4 aliphatic carbocycles. The number of hydrogen-bond acceptors (Lipinski definition) is 13. The Morgan fingerprint density at radius 1 is 1.07 bits per heavy atom. The normalized spacial score (nSPS) is 24.3. The minimum Gasteiger partial charge on any atom is -0.508 e. The van der Waals surface area contributed by atoms with Crippen LogP contribution in [0.2, 0.25) is 0 Å². The molecular formula is C40H49N4O10P. The molecule has 0 radical (unpaired) electrons. The number of allylic oxidation sites excluding steroid dienone is 4. The first kappa shape index (κ1) is 40.0. The highest BCUT2D eigenvalue weighted by Crippen LogP contribution is 2.60. The van der Waals surface area contributed by atoms with Gasteiger partial charge < -0.3 is 45.4 Å². The van der Waals surface area contributed by atoms with E-state index in [2.05, 4.69) is 5.32 Å². The maximum atomic E-state index is 14.4. The third-order valence-electron chi connectivity index (χ3n) is 11.0. The molecule has 294 valence electrons. The Kier molecular flexibility index (Phi) is 11.0. The number of primary amides is 1. The van der Waals surface area contributed by atoms with Crippen molar-refractivity contribution in [1.29, 1.82) is 0 Å². The quantitative estimate of drug-likeness (QED) is 0.127. The van der Waals surface area contributed by atoms with Crippen molar-refractivity contribution in [2.45, 2.75) is 57.0 Å². The van der Waals surface area contributed by atoms with Gasteiger partial charge in [0.15, 0.2) is 17.2 Å². The number of ketones is 2. The predicted octanol–water partition coefficient (Wildman–Crippen LogP) is 4.79. The SMILES string of the molecule is CCOP(=O)(OCC)C(NC1=CC=CCC1)c1ccc(-c2cc(N(C)C)c3c(c2O)C(O)=C2C(=O)[C@]4(O)C(O)=C(C(N)=O)C(=O)[C@@H](N(C)C)[C@@H]4C[C@@H]2C3)cc1. The molecule has 15 heteroatoms. The number of likely N-dealkylation sites (N-methyl/N-ethyl adjacent to an activating group) is 1. The fraction of sp³-hybridized carbons (Fsp3) is 0.425. The average Bonchev–Trinajstić information content (AvgIpc) is 3.12. The van der Waals surface area contributed by atoms with Gasteiger partial charge in [-0.05, 0) is 88.4 Å². The smallest absolute Gasteiger partial charge is 0.357 e. The van der Waals surface area contributed by atoms with Gasteiger partial charge in [-0.2, -0.15) is 0 Å². The van der Waals surface area contributed by atoms with Gasteiger partial charge in [0.2, 0.25) is 5.78 Å². The van der Waals surface area contributed by atoms with Crippen molar-refractivity contribution >= 4 is 36.5 Å². The van der Waals surface area contributed by atoms with Gasteiger partial charge in [0.05, 0.1) is 24.8 Å². The van der Waals surface area contributed by atoms with Gasteiger partial charge in [0.25, 0.3) is 5.91 Å². The lowest BCUT2D eigenvalue weighted by Gasteiger charge is -2.50. The third-order valence-corrected chi connectivity index (χ3v) is 13.3. The topological polar surface area (TPSA) is 212 Å². The average molecular weight is 777 g/mol. The molecule has 0 aromatic heterocycles. The number of anilines is 1. The molecule has 4 aliphatic rings. The lowest BCUT2D eigenvalue weighted by molar-refractivity contribution is -0.153. The molecule has 0 bridgehead atoms. The van der Waals surface area contributed by atoms with E-state index >= 15 is 0 Å². The molecule has 5 atom stereocenters. The highest BCUT2D eigenvalue weighted by molar-refractivity contribution is 7.54. The van der Waals surface area contributed by atoms with Gasteiger partial charge in [0.1, 0.15) is 22.8 Å². The Balaban J connectivity index is 1.47. The number of carbonyl (C=O) groups excluding carboxylic acids is 3. The second-order valence-electron chi connectivity index (χ2n) is 14.7. The third kappa shape index (κ3) is 6.59. The van der Waals surface area contributed by atoms with E-state index < -0.39 is 71.4 Å². The van der Waals surface area contributed by atoms with Crippen LogP contribution in [-0.2, 0) is 34.4 Å². The maximum absolute atomic E-state index is 14.4. The van der Waals surface area contributed by atoms with Crippen LogP contribution in [-0.4, -0.2) is 95.8 Å². The van der Waals surface area contributed by atoms with E-state index in [0.29, 0.717) is 27.9 Å². The minimum absolute atomic E-state index is 0.0155. The Morgan fingerprint density at radius 3 is 2.27 bits per heavy atom. The molecule has 2 aromatic carbocycles. The fourth-order valence-electron chi connectivity index (χ4n) is 8.55. The van der Waals surface area contributed by atoms with Crippen LogP contribution in [0.25, 0.3) is 16.9 Å². The molecule has 1 amide bonds. The van der Waals surface area contributed by atoms with Crippen LogP contribution in [0, 0.1) is 11.8 Å². The van der Waals surface area contributed by atoms with Crippen molar-refractivity contribution in [3.8, 4) is 16.9 Å². The summed E-state index contributed by atoms with van der Waals surface area (Å²) in [4.78, 5) is 43.5. The Labute approximate surface area is 320 Å². The van der Waals surface area contributed by atoms with E-state index in [-0.39, 0.29) is 42.9 Å². The van der Waals surface area contributed by atoms with E-state index in [4.69, 9.17) is 14.8 Å². The first-order chi connectivity index (χ1) is 26.0. The van der Waals surface area contributed by atoms with Crippen LogP contribution >= 0.6 is 7.60 Å². The summed E-state index contributed by atoms with van der Waals surface area (Å²) in [5.74, 6) is -7.96. The van der Waals surface area contributed by atoms with Crippen LogP contribution in [0.3, 0.4) is 0 Å². The molecule has 0 spiro atoms. The standard InChI is InChI=1S/C40H49N4O10P/c1-7-53-55(52,54-8-2)39(42-24-12-10-9-11-13-24)22-16-14-21(15-17-22)25-20-28(43(3)4)26-18-23-19-27-32(44(5)6)35(47)31(38(41)50)37(49)40(27,51)36(48)29(23)34(46)30(26)33(25)45/h9-10,12,14-17,20,23,27,32,39,42,45-46,49,51H,7-8,11,13,18-19H2,1-6H3,(H2,41,50)/t23-,27-,32-,39?,40-/m0/s1. The Bertz CT molecular complexity index is 2090. The number of nitrogens with zero attached hydrogens (tertiary/aromatic N) is 2. The van der Waals surface area contributed by atoms with Crippen molar-refractivity contribution in [2.75, 3.05) is 46.3 Å². The lowest BCUT2D eigenvalue weighted by atomic mass is 9.57. The Hall–Kier alpha value is -4.72. The molecule has 14 nitrogen and oxygen atoms in total. The number of nitrogens with two attached hydrogens (primary N) is 1. The number of rotatable bonds is 12. The van der Waals surface area contributed by atoms with E-state index in [1.165, 1.54) is 4.90 Å². The van der Waals surface area contributed by atoms with Crippen molar-refractivity contribution in [2.24, 2.45) is 17.6 Å². The summed E-state index contributed by atoms with van der Waals surface area (Å²) in [5, 5.41) is 50.5. The molecule has 55 heavy (non-hydrogen) atoms. The zero-order valence-electron chi connectivity index (χ0n) is 31.8. The van der Waals surface area contributed by atoms with Crippen LogP contribution < -0.4 is 16.0 Å². The number of benzene rings is 2. The number of Topliss-reactive ketones (excluding diaryl/α,β-unsaturated/α-hetero) is 2. The first-order valence-corrected chi connectivity index (χ1v) is 19.9. The van der Waals surface area contributed by atoms with Crippen molar-refractivity contribution in [3.05, 3.63) is 87.9 Å². The molecule has 2 aromatic rings. The number of aliphatic hydroxyl groups excluding tert-OH is 2. The molecule has 7 N–H and O–H groups in total. The number of fused-ring (bicyclic) bond motifs is 3. The number of amides is 1. The zero-order chi connectivity index (χ0) is 40.1. The summed E-state index contributed by atoms with van der Waals surface area (Å²) in [5.41, 5.74) is 5.13. The number of aromatic hydroxyl groups is 1. The summed E-state index contributed by atoms with van der Waals surface area (Å²) in [6.45, 7) is 3.83. The van der Waals surface area contributed by atoms with Gasteiger partial charge in [0, 0.05) is 42.5 Å². The minimum atomic E-state index is -3.71. The van der Waals surface area contributed by atoms with Crippen LogP contribution in [0.4, 0.5) is 5.69 Å². The number of phenols is 1. The van der Waals surface area contributed by atoms with Gasteiger partial charge >= 0.3 is 7.60 Å². The zero-order valence-corrected chi connectivity index (χ0v) is 32.7. The first-order valence-electron chi connectivity index (χ1n) is 18.3. The molecule has 1 fully saturated rings. The van der Waals surface area contributed by atoms with E-state index in [1.54, 1.807) is 72.4 Å². The van der Waals surface area contributed by atoms with E-state index in [0.717, 1.165) is 18.5 Å². The Morgan fingerprint density at radius 2 is 1.73 bits per heavy atom. The monoisotopic (exact) mass is 776 g/mol. The molecule has 1 unspecified atom stereocenters. The summed E-state index contributed by atoms with van der Waals surface area (Å²) < 4.78 is 25.7. The second-order valence-corrected chi connectivity index (χ2v) is 16.8. The van der Waals surface area contributed by atoms with Gasteiger partial charge in [-0.1, -0.05) is 36.4 Å². The molecule has 0 aliphatic heterocycles. The van der Waals surface area contributed by atoms with Gasteiger partial charge in [-0.3, -0.25) is 23.8 Å². The fourth-order valence-corrected chi connectivity index (χ4v) is 10.5. The predicted molar refractivity (Wildman–Crippen MR) is 207 cm³/mol. The molecule has 1 saturated carbocycles. The summed E-state index contributed by atoms with van der Waals surface area (Å²) in [6, 6.07) is 7.61. The summed E-state index contributed by atoms with van der Waals surface area (Å²) in [6.07, 6.45) is 7.57. The van der Waals surface area contributed by atoms with Crippen molar-refractivity contribution in [3.63, 3.8) is 0 Å². The van der Waals surface area contributed by atoms with Gasteiger partial charge in [-0.15, -0.1) is 0 Å². The highest BCUT2D eigenvalue weighted by Gasteiger charge is 2.64. The molecular weight excluding hydrogens is 727 g/mol. The van der Waals surface area contributed by atoms with E-state index in [9.17, 15) is 39.4 Å². The van der Waals surface area contributed by atoms with Crippen molar-refractivity contribution in [1.82, 2.24) is 10.2 Å². The maximum Gasteiger partial charge on any atom is 0.357 e. The van der Waals surface area contributed by atoms with E-state index in [1.807, 2.05) is 23.1 Å².